The molecule has 1 N–H and O–H groups in total. The molecule has 0 aliphatic carbocycles. The van der Waals surface area contributed by atoms with E-state index in [0.29, 0.717) is 11.3 Å². The van der Waals surface area contributed by atoms with Crippen LogP contribution in [0, 0.1) is 0 Å². The van der Waals surface area contributed by atoms with Crippen molar-refractivity contribution in [2.24, 2.45) is 0 Å². The third kappa shape index (κ3) is 4.67. The average molecular weight is 398 g/mol. The van der Waals surface area contributed by atoms with Crippen LogP contribution in [0.15, 0.2) is 52.7 Å². The van der Waals surface area contributed by atoms with Crippen LogP contribution >= 0.6 is 11.3 Å². The lowest BCUT2D eigenvalue weighted by molar-refractivity contribution is -0.136. The lowest BCUT2D eigenvalue weighted by Crippen LogP contribution is -2.40. The van der Waals surface area contributed by atoms with Crippen molar-refractivity contribution in [3.05, 3.63) is 59.5 Å². The van der Waals surface area contributed by atoms with Crippen LogP contribution in [0.25, 0.3) is 10.6 Å². The average Bonchev–Trinajstić information content (AvgIpc) is 3.34. The van der Waals surface area contributed by atoms with Gasteiger partial charge in [-0.2, -0.15) is 0 Å². The molecule has 0 spiro atoms. The highest BCUT2D eigenvalue weighted by molar-refractivity contribution is 7.13. The number of hydrogen-bond acceptors (Lipinski definition) is 6. The summed E-state index contributed by atoms with van der Waals surface area (Å²) in [6.07, 6.45) is 2.71. The first-order valence-corrected chi connectivity index (χ1v) is 9.73. The zero-order valence-corrected chi connectivity index (χ0v) is 17.0. The number of nitrogens with one attached hydrogen (secondary N) is 1. The van der Waals surface area contributed by atoms with Crippen LogP contribution in [0.3, 0.4) is 0 Å². The van der Waals surface area contributed by atoms with E-state index in [2.05, 4.69) is 36.5 Å². The van der Waals surface area contributed by atoms with E-state index < -0.39 is 17.9 Å². The summed E-state index contributed by atoms with van der Waals surface area (Å²) in [5.74, 6) is -0.536. The Kier molecular flexibility index (Phi) is 5.65. The van der Waals surface area contributed by atoms with Crippen molar-refractivity contribution < 1.29 is 18.7 Å². The molecule has 0 aliphatic rings. The van der Waals surface area contributed by atoms with Crippen molar-refractivity contribution >= 4 is 23.2 Å². The van der Waals surface area contributed by atoms with E-state index >= 15 is 0 Å². The SMILES string of the molecule is CC(NC(=O)c1ccoc1)C(=O)Oc1ccc(-c2nc(C(C)(C)C)cs2)cc1. The van der Waals surface area contributed by atoms with Gasteiger partial charge in [-0.25, -0.2) is 9.78 Å². The summed E-state index contributed by atoms with van der Waals surface area (Å²) in [5, 5.41) is 5.56. The number of hydrogen-bond donors (Lipinski definition) is 1. The van der Waals surface area contributed by atoms with Gasteiger partial charge in [0, 0.05) is 16.4 Å². The van der Waals surface area contributed by atoms with Gasteiger partial charge in [0.2, 0.25) is 0 Å². The number of rotatable bonds is 5. The first-order valence-electron chi connectivity index (χ1n) is 8.85. The van der Waals surface area contributed by atoms with E-state index in [1.165, 1.54) is 18.6 Å². The van der Waals surface area contributed by atoms with Gasteiger partial charge >= 0.3 is 5.97 Å². The van der Waals surface area contributed by atoms with Crippen molar-refractivity contribution in [2.75, 3.05) is 0 Å². The molecule has 1 amide bonds. The number of furan rings is 1. The highest BCUT2D eigenvalue weighted by atomic mass is 32.1. The summed E-state index contributed by atoms with van der Waals surface area (Å²) < 4.78 is 10.2. The molecule has 2 heterocycles. The zero-order valence-electron chi connectivity index (χ0n) is 16.2. The van der Waals surface area contributed by atoms with Gasteiger partial charge in [-0.15, -0.1) is 11.3 Å². The minimum absolute atomic E-state index is 0.00124. The topological polar surface area (TPSA) is 81.4 Å². The molecule has 0 radical (unpaired) electrons. The molecule has 0 aliphatic heterocycles. The standard InChI is InChI=1S/C21H22N2O4S/c1-13(22-18(24)15-9-10-26-11-15)20(25)27-16-7-5-14(6-8-16)19-23-17(12-28-19)21(2,3)4/h5-13H,1-4H3,(H,22,24). The number of ether oxygens (including phenoxy) is 1. The van der Waals surface area contributed by atoms with Crippen molar-refractivity contribution in [1.82, 2.24) is 10.3 Å². The number of esters is 1. The lowest BCUT2D eigenvalue weighted by Gasteiger charge is -2.14. The maximum Gasteiger partial charge on any atom is 0.333 e. The molecule has 6 nitrogen and oxygen atoms in total. The van der Waals surface area contributed by atoms with Gasteiger partial charge in [0.1, 0.15) is 23.1 Å². The number of carbonyl (C=O) groups is 2. The van der Waals surface area contributed by atoms with Crippen molar-refractivity contribution in [1.29, 1.82) is 0 Å². The second-order valence-electron chi connectivity index (χ2n) is 7.44. The van der Waals surface area contributed by atoms with E-state index in [1.807, 2.05) is 12.1 Å². The maximum atomic E-state index is 12.2. The van der Waals surface area contributed by atoms with Crippen LogP contribution in [-0.4, -0.2) is 22.9 Å². The highest BCUT2D eigenvalue weighted by Crippen LogP contribution is 2.30. The molecule has 1 aromatic carbocycles. The Balaban J connectivity index is 1.61. The number of benzene rings is 1. The number of carbonyl (C=O) groups excluding carboxylic acids is 2. The number of amides is 1. The van der Waals surface area contributed by atoms with Gasteiger partial charge in [0.05, 0.1) is 17.5 Å². The Morgan fingerprint density at radius 2 is 1.89 bits per heavy atom. The minimum Gasteiger partial charge on any atom is -0.472 e. The summed E-state index contributed by atoms with van der Waals surface area (Å²) in [7, 11) is 0. The van der Waals surface area contributed by atoms with Gasteiger partial charge < -0.3 is 14.5 Å². The minimum atomic E-state index is -0.796. The summed E-state index contributed by atoms with van der Waals surface area (Å²) >= 11 is 1.59. The van der Waals surface area contributed by atoms with E-state index in [1.54, 1.807) is 30.4 Å². The Hall–Kier alpha value is -2.93. The first-order chi connectivity index (χ1) is 13.2. The van der Waals surface area contributed by atoms with Crippen LogP contribution in [0.1, 0.15) is 43.7 Å². The molecular formula is C21H22N2O4S. The maximum absolute atomic E-state index is 12.2. The molecule has 3 rings (SSSR count). The fourth-order valence-corrected chi connectivity index (χ4v) is 3.41. The second-order valence-corrected chi connectivity index (χ2v) is 8.30. The molecule has 7 heteroatoms. The predicted molar refractivity (Wildman–Crippen MR) is 108 cm³/mol. The zero-order chi connectivity index (χ0) is 20.3. The molecule has 0 saturated carbocycles. The Labute approximate surface area is 167 Å². The largest absolute Gasteiger partial charge is 0.472 e. The smallest absolute Gasteiger partial charge is 0.333 e. The Morgan fingerprint density at radius 1 is 1.18 bits per heavy atom. The van der Waals surface area contributed by atoms with Gasteiger partial charge in [0.25, 0.3) is 5.91 Å². The van der Waals surface area contributed by atoms with Crippen molar-refractivity contribution in [3.63, 3.8) is 0 Å². The number of nitrogens with zero attached hydrogens (tertiary/aromatic N) is 1. The molecule has 0 fully saturated rings. The Bertz CT molecular complexity index is 953. The van der Waals surface area contributed by atoms with Crippen LogP contribution in [-0.2, 0) is 10.2 Å². The fraction of sp³-hybridized carbons (Fsp3) is 0.286. The summed E-state index contributed by atoms with van der Waals surface area (Å²) in [5.41, 5.74) is 2.36. The Morgan fingerprint density at radius 3 is 2.46 bits per heavy atom. The van der Waals surface area contributed by atoms with Gasteiger partial charge in [-0.3, -0.25) is 4.79 Å². The second kappa shape index (κ2) is 7.98. The molecule has 1 atom stereocenters. The van der Waals surface area contributed by atoms with E-state index in [-0.39, 0.29) is 5.41 Å². The molecule has 1 unspecified atom stereocenters. The molecule has 0 bridgehead atoms. The molecular weight excluding hydrogens is 376 g/mol. The van der Waals surface area contributed by atoms with Gasteiger partial charge in [0.15, 0.2) is 0 Å². The summed E-state index contributed by atoms with van der Waals surface area (Å²) in [6.45, 7) is 7.95. The van der Waals surface area contributed by atoms with Crippen molar-refractivity contribution in [3.8, 4) is 16.3 Å². The number of aromatic nitrogens is 1. The summed E-state index contributed by atoms with van der Waals surface area (Å²) in [4.78, 5) is 28.9. The van der Waals surface area contributed by atoms with Crippen LogP contribution in [0.4, 0.5) is 0 Å². The quantitative estimate of drug-likeness (QED) is 0.508. The van der Waals surface area contributed by atoms with Crippen LogP contribution in [0.2, 0.25) is 0 Å². The highest BCUT2D eigenvalue weighted by Gasteiger charge is 2.20. The van der Waals surface area contributed by atoms with Crippen molar-refractivity contribution in [2.45, 2.75) is 39.2 Å². The fourth-order valence-electron chi connectivity index (χ4n) is 2.35. The molecule has 28 heavy (non-hydrogen) atoms. The molecule has 2 aromatic heterocycles. The lowest BCUT2D eigenvalue weighted by atomic mass is 9.93. The van der Waals surface area contributed by atoms with E-state index in [4.69, 9.17) is 9.15 Å². The molecule has 0 saturated heterocycles. The van der Waals surface area contributed by atoms with Crippen LogP contribution < -0.4 is 10.1 Å². The van der Waals surface area contributed by atoms with Gasteiger partial charge in [-0.05, 0) is 37.3 Å². The monoisotopic (exact) mass is 398 g/mol. The number of thiazole rings is 1. The predicted octanol–water partition coefficient (Wildman–Crippen LogP) is 4.42. The van der Waals surface area contributed by atoms with Crippen LogP contribution in [0.5, 0.6) is 5.75 Å². The normalized spacial score (nSPS) is 12.4. The van der Waals surface area contributed by atoms with Gasteiger partial charge in [-0.1, -0.05) is 20.8 Å². The third-order valence-electron chi connectivity index (χ3n) is 4.08. The summed E-state index contributed by atoms with van der Waals surface area (Å²) in [6, 6.07) is 7.89. The van der Waals surface area contributed by atoms with E-state index in [9.17, 15) is 9.59 Å². The molecule has 146 valence electrons. The van der Waals surface area contributed by atoms with E-state index in [0.717, 1.165) is 16.3 Å². The first kappa shape index (κ1) is 19.8. The molecule has 3 aromatic rings. The third-order valence-corrected chi connectivity index (χ3v) is 4.97.